The molecule has 0 amide bonds. The molecular formula is C22H36O3. The van der Waals surface area contributed by atoms with Crippen LogP contribution in [0.4, 0.5) is 0 Å². The van der Waals surface area contributed by atoms with Gasteiger partial charge in [0, 0.05) is 18.4 Å². The van der Waals surface area contributed by atoms with Crippen LogP contribution in [-0.2, 0) is 9.53 Å². The first-order chi connectivity index (χ1) is 12.0. The maximum atomic E-state index is 12.6. The van der Waals surface area contributed by atoms with Crippen LogP contribution in [0.25, 0.3) is 0 Å². The monoisotopic (exact) mass is 348 g/mol. The maximum Gasteiger partial charge on any atom is 0.139 e. The van der Waals surface area contributed by atoms with E-state index in [2.05, 4.69) is 6.92 Å². The molecule has 0 spiro atoms. The number of carbonyl (C=O) groups excluding carboxylic acids is 1. The van der Waals surface area contributed by atoms with Crippen LogP contribution in [0.3, 0.4) is 0 Å². The van der Waals surface area contributed by atoms with Crippen LogP contribution in [0.15, 0.2) is 0 Å². The molecule has 4 aliphatic rings. The molecule has 3 heteroatoms. The van der Waals surface area contributed by atoms with Crippen molar-refractivity contribution in [2.75, 3.05) is 13.2 Å². The molecule has 0 unspecified atom stereocenters. The number of carbonyl (C=O) groups is 1. The molecule has 0 aromatic rings. The smallest absolute Gasteiger partial charge is 0.139 e. The van der Waals surface area contributed by atoms with Crippen LogP contribution < -0.4 is 0 Å². The van der Waals surface area contributed by atoms with Crippen LogP contribution in [0, 0.1) is 35.0 Å². The number of fused-ring (bicyclic) bond motifs is 5. The Kier molecular flexibility index (Phi) is 4.77. The third-order valence-corrected chi connectivity index (χ3v) is 8.62. The molecule has 4 fully saturated rings. The lowest BCUT2D eigenvalue weighted by atomic mass is 9.46. The van der Waals surface area contributed by atoms with E-state index in [4.69, 9.17) is 4.74 Å². The molecule has 0 aromatic heterocycles. The van der Waals surface area contributed by atoms with Gasteiger partial charge in [-0.15, -0.1) is 0 Å². The SMILES string of the molecule is CCOC[C@@]1(O)CC[C@H]2[C@@H](CC[C@@H]3[C@@H]2CC[C@]2(C)C(=O)CCC[C@@H]32)C1. The van der Waals surface area contributed by atoms with E-state index in [9.17, 15) is 9.90 Å². The summed E-state index contributed by atoms with van der Waals surface area (Å²) in [5.41, 5.74) is -0.607. The van der Waals surface area contributed by atoms with Crippen LogP contribution in [-0.4, -0.2) is 29.7 Å². The molecule has 0 heterocycles. The lowest BCUT2D eigenvalue weighted by Crippen LogP contribution is -2.54. The number of Topliss-reactive ketones (excluding diaryl/α,β-unsaturated/α-hetero) is 1. The van der Waals surface area contributed by atoms with Gasteiger partial charge in [0.05, 0.1) is 12.2 Å². The summed E-state index contributed by atoms with van der Waals surface area (Å²) < 4.78 is 5.57. The summed E-state index contributed by atoms with van der Waals surface area (Å²) in [5.74, 6) is 4.21. The van der Waals surface area contributed by atoms with Gasteiger partial charge in [0.2, 0.25) is 0 Å². The molecule has 0 bridgehead atoms. The molecule has 4 saturated carbocycles. The van der Waals surface area contributed by atoms with E-state index in [0.717, 1.165) is 56.3 Å². The van der Waals surface area contributed by atoms with Crippen molar-refractivity contribution in [2.24, 2.45) is 35.0 Å². The number of aliphatic hydroxyl groups is 1. The molecule has 0 aromatic carbocycles. The third-order valence-electron chi connectivity index (χ3n) is 8.62. The second-order valence-electron chi connectivity index (χ2n) is 9.81. The van der Waals surface area contributed by atoms with E-state index < -0.39 is 5.60 Å². The Labute approximate surface area is 152 Å². The summed E-state index contributed by atoms with van der Waals surface area (Å²) in [5, 5.41) is 10.9. The highest BCUT2D eigenvalue weighted by Gasteiger charge is 2.56. The van der Waals surface area contributed by atoms with Crippen molar-refractivity contribution >= 4 is 5.78 Å². The second-order valence-corrected chi connectivity index (χ2v) is 9.81. The van der Waals surface area contributed by atoms with Crippen molar-refractivity contribution in [1.82, 2.24) is 0 Å². The van der Waals surface area contributed by atoms with Gasteiger partial charge in [0.25, 0.3) is 0 Å². The summed E-state index contributed by atoms with van der Waals surface area (Å²) in [6.07, 6.45) is 11.1. The molecule has 3 nitrogen and oxygen atoms in total. The topological polar surface area (TPSA) is 46.5 Å². The predicted octanol–water partition coefficient (Wildman–Crippen LogP) is 4.37. The van der Waals surface area contributed by atoms with Gasteiger partial charge in [-0.1, -0.05) is 6.92 Å². The van der Waals surface area contributed by atoms with E-state index >= 15 is 0 Å². The highest BCUT2D eigenvalue weighted by molar-refractivity contribution is 5.85. The number of hydrogen-bond acceptors (Lipinski definition) is 3. The first-order valence-electron chi connectivity index (χ1n) is 10.8. The number of ether oxygens (including phenoxy) is 1. The maximum absolute atomic E-state index is 12.6. The highest BCUT2D eigenvalue weighted by atomic mass is 16.5. The fraction of sp³-hybridized carbons (Fsp3) is 0.955. The van der Waals surface area contributed by atoms with Gasteiger partial charge in [-0.3, -0.25) is 4.79 Å². The van der Waals surface area contributed by atoms with Gasteiger partial charge in [0.1, 0.15) is 5.78 Å². The van der Waals surface area contributed by atoms with Crippen molar-refractivity contribution in [1.29, 1.82) is 0 Å². The number of hydrogen-bond donors (Lipinski definition) is 1. The van der Waals surface area contributed by atoms with E-state index in [0.29, 0.717) is 30.8 Å². The van der Waals surface area contributed by atoms with Crippen molar-refractivity contribution in [3.63, 3.8) is 0 Å². The molecule has 142 valence electrons. The normalized spacial score (nSPS) is 49.9. The Morgan fingerprint density at radius 2 is 1.88 bits per heavy atom. The quantitative estimate of drug-likeness (QED) is 0.824. The zero-order chi connectivity index (χ0) is 17.7. The summed E-state index contributed by atoms with van der Waals surface area (Å²) >= 11 is 0. The van der Waals surface area contributed by atoms with Gasteiger partial charge in [-0.25, -0.2) is 0 Å². The Balaban J connectivity index is 1.48. The first-order valence-corrected chi connectivity index (χ1v) is 10.8. The van der Waals surface area contributed by atoms with Crippen LogP contribution in [0.1, 0.15) is 78.1 Å². The molecule has 7 atom stereocenters. The minimum absolute atomic E-state index is 0.0172. The molecule has 1 N–H and O–H groups in total. The van der Waals surface area contributed by atoms with Gasteiger partial charge in [-0.05, 0) is 94.3 Å². The van der Waals surface area contributed by atoms with Crippen molar-refractivity contribution < 1.29 is 14.6 Å². The average Bonchev–Trinajstić information content (AvgIpc) is 2.60. The van der Waals surface area contributed by atoms with E-state index in [-0.39, 0.29) is 5.41 Å². The zero-order valence-corrected chi connectivity index (χ0v) is 16.1. The Morgan fingerprint density at radius 3 is 2.68 bits per heavy atom. The number of rotatable bonds is 3. The van der Waals surface area contributed by atoms with Gasteiger partial charge >= 0.3 is 0 Å². The Hall–Kier alpha value is -0.410. The fourth-order valence-electron chi connectivity index (χ4n) is 7.35. The van der Waals surface area contributed by atoms with E-state index in [1.165, 1.54) is 25.7 Å². The molecule has 0 radical (unpaired) electrons. The average molecular weight is 349 g/mol. The Morgan fingerprint density at radius 1 is 1.08 bits per heavy atom. The summed E-state index contributed by atoms with van der Waals surface area (Å²) in [4.78, 5) is 12.6. The van der Waals surface area contributed by atoms with Crippen molar-refractivity contribution in [3.05, 3.63) is 0 Å². The van der Waals surface area contributed by atoms with E-state index in [1.807, 2.05) is 6.92 Å². The molecule has 0 aliphatic heterocycles. The molecule has 4 aliphatic carbocycles. The highest BCUT2D eigenvalue weighted by Crippen LogP contribution is 2.61. The van der Waals surface area contributed by atoms with Crippen LogP contribution >= 0.6 is 0 Å². The largest absolute Gasteiger partial charge is 0.387 e. The third kappa shape index (κ3) is 3.00. The lowest BCUT2D eigenvalue weighted by molar-refractivity contribution is -0.153. The zero-order valence-electron chi connectivity index (χ0n) is 16.1. The van der Waals surface area contributed by atoms with Gasteiger partial charge in [-0.2, -0.15) is 0 Å². The van der Waals surface area contributed by atoms with Crippen molar-refractivity contribution in [3.8, 4) is 0 Å². The minimum atomic E-state index is -0.589. The lowest BCUT2D eigenvalue weighted by Gasteiger charge is -2.58. The van der Waals surface area contributed by atoms with Crippen LogP contribution in [0.5, 0.6) is 0 Å². The van der Waals surface area contributed by atoms with Crippen molar-refractivity contribution in [2.45, 2.75) is 83.7 Å². The summed E-state index contributed by atoms with van der Waals surface area (Å²) in [7, 11) is 0. The number of ketones is 1. The minimum Gasteiger partial charge on any atom is -0.387 e. The Bertz CT molecular complexity index is 517. The fourth-order valence-corrected chi connectivity index (χ4v) is 7.35. The summed E-state index contributed by atoms with van der Waals surface area (Å²) in [6.45, 7) is 5.49. The van der Waals surface area contributed by atoms with Crippen LogP contribution in [0.2, 0.25) is 0 Å². The first kappa shape index (κ1) is 18.0. The molecular weight excluding hydrogens is 312 g/mol. The van der Waals surface area contributed by atoms with E-state index in [1.54, 1.807) is 0 Å². The second kappa shape index (κ2) is 6.64. The molecule has 4 rings (SSSR count). The molecule has 25 heavy (non-hydrogen) atoms. The predicted molar refractivity (Wildman–Crippen MR) is 98.2 cm³/mol. The van der Waals surface area contributed by atoms with Gasteiger partial charge in [0.15, 0.2) is 0 Å². The summed E-state index contributed by atoms with van der Waals surface area (Å²) in [6, 6.07) is 0. The van der Waals surface area contributed by atoms with Gasteiger partial charge < -0.3 is 9.84 Å². The molecule has 0 saturated heterocycles. The standard InChI is InChI=1S/C22H36O3/c1-3-25-14-22(24)12-10-16-15(13-22)7-8-18-17(16)9-11-21(2)19(18)5-4-6-20(21)23/h15-19,24H,3-14H2,1-2H3/t15-,16-,17+,18+,19-,21-,22+/m0/s1.